The first-order valence-corrected chi connectivity index (χ1v) is 9.91. The Morgan fingerprint density at radius 1 is 1.23 bits per heavy atom. The first kappa shape index (κ1) is 19.6. The SMILES string of the molecule is CCCc1cc(N)nc(-c2cc3c(cc2C2CCC(=O)NC2=O)C(=O)NC3)c1C#N. The minimum atomic E-state index is -0.624. The Balaban J connectivity index is 1.97. The quantitative estimate of drug-likeness (QED) is 0.667. The lowest BCUT2D eigenvalue weighted by Crippen LogP contribution is -2.39. The van der Waals surface area contributed by atoms with E-state index in [4.69, 9.17) is 5.73 Å². The summed E-state index contributed by atoms with van der Waals surface area (Å²) in [4.78, 5) is 40.9. The topological polar surface area (TPSA) is 138 Å². The molecule has 30 heavy (non-hydrogen) atoms. The smallest absolute Gasteiger partial charge is 0.251 e. The highest BCUT2D eigenvalue weighted by Gasteiger charge is 2.33. The number of nitrogen functional groups attached to an aromatic ring is 1. The van der Waals surface area contributed by atoms with Gasteiger partial charge in [0, 0.05) is 24.1 Å². The zero-order chi connectivity index (χ0) is 21.4. The van der Waals surface area contributed by atoms with Crippen LogP contribution in [-0.4, -0.2) is 22.7 Å². The van der Waals surface area contributed by atoms with Crippen molar-refractivity contribution in [3.8, 4) is 17.3 Å². The number of pyridine rings is 1. The van der Waals surface area contributed by atoms with Gasteiger partial charge in [0.1, 0.15) is 11.9 Å². The molecule has 0 saturated carbocycles. The first-order chi connectivity index (χ1) is 14.4. The standard InChI is InChI=1S/C22H21N5O3/c1-2-3-11-7-18(24)26-20(17(11)9-23)16-6-12-10-25-21(29)14(12)8-15(16)13-4-5-19(28)27-22(13)30/h6-8,13H,2-5,10H2,1H3,(H2,24,26)(H,25,29)(H,27,28,30). The van der Waals surface area contributed by atoms with E-state index in [1.54, 1.807) is 12.1 Å². The molecule has 1 aromatic heterocycles. The van der Waals surface area contributed by atoms with Crippen LogP contribution < -0.4 is 16.4 Å². The molecule has 0 aliphatic carbocycles. The Labute approximate surface area is 173 Å². The van der Waals surface area contributed by atoms with Crippen molar-refractivity contribution < 1.29 is 14.4 Å². The van der Waals surface area contributed by atoms with E-state index in [0.29, 0.717) is 47.3 Å². The van der Waals surface area contributed by atoms with Crippen LogP contribution in [0.1, 0.15) is 64.7 Å². The Bertz CT molecular complexity index is 1130. The predicted octanol–water partition coefficient (Wildman–Crippen LogP) is 1.92. The van der Waals surface area contributed by atoms with Crippen molar-refractivity contribution in [3.05, 3.63) is 46.0 Å². The second-order valence-electron chi connectivity index (χ2n) is 7.57. The van der Waals surface area contributed by atoms with Crippen molar-refractivity contribution >= 4 is 23.5 Å². The van der Waals surface area contributed by atoms with Crippen molar-refractivity contribution in [1.29, 1.82) is 5.26 Å². The van der Waals surface area contributed by atoms with Gasteiger partial charge in [0.05, 0.1) is 17.2 Å². The van der Waals surface area contributed by atoms with Gasteiger partial charge in [0.15, 0.2) is 0 Å². The van der Waals surface area contributed by atoms with Crippen LogP contribution in [0.15, 0.2) is 18.2 Å². The maximum absolute atomic E-state index is 12.6. The Hall–Kier alpha value is -3.73. The molecule has 0 radical (unpaired) electrons. The number of rotatable bonds is 4. The largest absolute Gasteiger partial charge is 0.384 e. The second-order valence-corrected chi connectivity index (χ2v) is 7.57. The highest BCUT2D eigenvalue weighted by atomic mass is 16.2. The monoisotopic (exact) mass is 403 g/mol. The summed E-state index contributed by atoms with van der Waals surface area (Å²) in [7, 11) is 0. The normalized spacial score (nSPS) is 17.9. The maximum Gasteiger partial charge on any atom is 0.251 e. The van der Waals surface area contributed by atoms with Gasteiger partial charge in [0.2, 0.25) is 11.8 Å². The molecule has 8 nitrogen and oxygen atoms in total. The van der Waals surface area contributed by atoms with E-state index in [2.05, 4.69) is 21.7 Å². The third-order valence-corrected chi connectivity index (χ3v) is 5.58. The van der Waals surface area contributed by atoms with E-state index in [0.717, 1.165) is 17.5 Å². The van der Waals surface area contributed by atoms with Gasteiger partial charge < -0.3 is 11.1 Å². The number of nitriles is 1. The maximum atomic E-state index is 12.6. The van der Waals surface area contributed by atoms with Crippen molar-refractivity contribution in [2.45, 2.75) is 45.1 Å². The van der Waals surface area contributed by atoms with Crippen LogP contribution in [0, 0.1) is 11.3 Å². The van der Waals surface area contributed by atoms with Crippen molar-refractivity contribution in [3.63, 3.8) is 0 Å². The van der Waals surface area contributed by atoms with Gasteiger partial charge in [-0.05, 0) is 47.7 Å². The van der Waals surface area contributed by atoms with Crippen LogP contribution in [-0.2, 0) is 22.6 Å². The van der Waals surface area contributed by atoms with E-state index in [1.165, 1.54) is 0 Å². The van der Waals surface area contributed by atoms with Crippen molar-refractivity contribution in [1.82, 2.24) is 15.6 Å². The number of carbonyl (C=O) groups excluding carboxylic acids is 3. The van der Waals surface area contributed by atoms with Gasteiger partial charge in [-0.2, -0.15) is 5.26 Å². The molecule has 1 saturated heterocycles. The molecule has 2 aromatic rings. The minimum Gasteiger partial charge on any atom is -0.384 e. The molecule has 3 heterocycles. The molecule has 1 fully saturated rings. The van der Waals surface area contributed by atoms with Crippen LogP contribution in [0.3, 0.4) is 0 Å². The lowest BCUT2D eigenvalue weighted by Gasteiger charge is -2.24. The van der Waals surface area contributed by atoms with Gasteiger partial charge in [-0.15, -0.1) is 0 Å². The van der Waals surface area contributed by atoms with Gasteiger partial charge >= 0.3 is 0 Å². The summed E-state index contributed by atoms with van der Waals surface area (Å²) in [6.07, 6.45) is 2.03. The van der Waals surface area contributed by atoms with Crippen molar-refractivity contribution in [2.75, 3.05) is 5.73 Å². The third-order valence-electron chi connectivity index (χ3n) is 5.58. The number of hydrogen-bond acceptors (Lipinski definition) is 6. The molecule has 0 bridgehead atoms. The second kappa shape index (κ2) is 7.59. The van der Waals surface area contributed by atoms with Crippen LogP contribution in [0.25, 0.3) is 11.3 Å². The fourth-order valence-electron chi connectivity index (χ4n) is 4.18. The molecular formula is C22H21N5O3. The van der Waals surface area contributed by atoms with Crippen LogP contribution in [0.5, 0.6) is 0 Å². The molecule has 8 heteroatoms. The number of amides is 3. The fourth-order valence-corrected chi connectivity index (χ4v) is 4.18. The van der Waals surface area contributed by atoms with Gasteiger partial charge in [-0.3, -0.25) is 19.7 Å². The summed E-state index contributed by atoms with van der Waals surface area (Å²) < 4.78 is 0. The number of aryl methyl sites for hydroxylation is 1. The number of fused-ring (bicyclic) bond motifs is 1. The molecule has 1 atom stereocenters. The van der Waals surface area contributed by atoms with Crippen LogP contribution in [0.4, 0.5) is 5.82 Å². The molecule has 4 N–H and O–H groups in total. The number of anilines is 1. The van der Waals surface area contributed by atoms with Crippen molar-refractivity contribution in [2.24, 2.45) is 0 Å². The van der Waals surface area contributed by atoms with E-state index in [-0.39, 0.29) is 24.1 Å². The molecule has 152 valence electrons. The molecule has 2 aliphatic rings. The predicted molar refractivity (Wildman–Crippen MR) is 109 cm³/mol. The van der Waals surface area contributed by atoms with Gasteiger partial charge in [0.25, 0.3) is 5.91 Å². The highest BCUT2D eigenvalue weighted by Crippen LogP contribution is 2.38. The Morgan fingerprint density at radius 3 is 2.73 bits per heavy atom. The number of carbonyl (C=O) groups is 3. The third kappa shape index (κ3) is 3.28. The Kier molecular flexibility index (Phi) is 4.96. The summed E-state index contributed by atoms with van der Waals surface area (Å²) in [6.45, 7) is 2.38. The number of aromatic nitrogens is 1. The summed E-state index contributed by atoms with van der Waals surface area (Å²) in [5, 5.41) is 15.0. The average molecular weight is 403 g/mol. The first-order valence-electron chi connectivity index (χ1n) is 9.91. The molecule has 4 rings (SSSR count). The molecule has 2 aliphatic heterocycles. The van der Waals surface area contributed by atoms with Gasteiger partial charge in [-0.1, -0.05) is 13.3 Å². The average Bonchev–Trinajstić information content (AvgIpc) is 3.07. The highest BCUT2D eigenvalue weighted by molar-refractivity contribution is 6.03. The van der Waals surface area contributed by atoms with Crippen LogP contribution >= 0.6 is 0 Å². The zero-order valence-corrected chi connectivity index (χ0v) is 16.5. The number of nitrogens with zero attached hydrogens (tertiary/aromatic N) is 2. The minimum absolute atomic E-state index is 0.204. The Morgan fingerprint density at radius 2 is 2.03 bits per heavy atom. The summed E-state index contributed by atoms with van der Waals surface area (Å²) >= 11 is 0. The van der Waals surface area contributed by atoms with E-state index < -0.39 is 11.8 Å². The molecule has 1 aromatic carbocycles. The van der Waals surface area contributed by atoms with Gasteiger partial charge in [-0.25, -0.2) is 4.98 Å². The van der Waals surface area contributed by atoms with Crippen LogP contribution in [0.2, 0.25) is 0 Å². The summed E-state index contributed by atoms with van der Waals surface area (Å²) in [5.41, 5.74) is 10.1. The lowest BCUT2D eigenvalue weighted by atomic mass is 9.83. The number of hydrogen-bond donors (Lipinski definition) is 3. The number of nitrogens with one attached hydrogen (secondary N) is 2. The summed E-state index contributed by atoms with van der Waals surface area (Å²) in [5.74, 6) is -1.28. The molecule has 0 spiro atoms. The number of piperidine rings is 1. The molecular weight excluding hydrogens is 382 g/mol. The van der Waals surface area contributed by atoms with E-state index in [1.807, 2.05) is 13.0 Å². The van der Waals surface area contributed by atoms with E-state index >= 15 is 0 Å². The summed E-state index contributed by atoms with van der Waals surface area (Å²) in [6, 6.07) is 7.45. The van der Waals surface area contributed by atoms with E-state index in [9.17, 15) is 19.6 Å². The zero-order valence-electron chi connectivity index (χ0n) is 16.5. The fraction of sp³-hybridized carbons (Fsp3) is 0.318. The number of nitrogens with two attached hydrogens (primary N) is 1. The molecule has 1 unspecified atom stereocenters. The lowest BCUT2D eigenvalue weighted by molar-refractivity contribution is -0.134. The molecule has 3 amide bonds. The number of imide groups is 1. The number of benzene rings is 1.